The van der Waals surface area contributed by atoms with Crippen molar-refractivity contribution in [3.05, 3.63) is 35.5 Å². The molecule has 176 valence electrons. The van der Waals surface area contributed by atoms with Crippen molar-refractivity contribution in [2.45, 2.75) is 115 Å². The second kappa shape index (κ2) is 9.13. The molecule has 0 aliphatic heterocycles. The first kappa shape index (κ1) is 24.7. The third-order valence-electron chi connectivity index (χ3n) is 8.29. The number of hydrogen-bond acceptors (Lipinski definition) is 4. The average molecular weight is 433 g/mol. The number of aliphatic hydroxyl groups is 4. The standard InChI is InChI=1S/C27H44O4/c1-18-8-11-21(28)15-20(18)10-9-19-7-6-14-26(4)23(19)12-13-24(26)27(5,31)17-22(29)16-25(2,3)30/h9-10,21-24,28-31H,1,6-8,11-17H2,2-5H3/b19-9+,20-10-/t21-,22?,23+,24+,26+,27+/m1/s1. The van der Waals surface area contributed by atoms with E-state index in [2.05, 4.69) is 25.7 Å². The Balaban J connectivity index is 1.76. The van der Waals surface area contributed by atoms with E-state index in [9.17, 15) is 20.4 Å². The molecule has 3 aliphatic carbocycles. The molecule has 0 saturated heterocycles. The van der Waals surface area contributed by atoms with E-state index < -0.39 is 17.3 Å². The number of hydrogen-bond donors (Lipinski definition) is 4. The Morgan fingerprint density at radius 3 is 2.48 bits per heavy atom. The first-order valence-electron chi connectivity index (χ1n) is 12.2. The van der Waals surface area contributed by atoms with E-state index in [4.69, 9.17) is 0 Å². The first-order chi connectivity index (χ1) is 14.3. The van der Waals surface area contributed by atoms with E-state index >= 15 is 0 Å². The molecule has 3 saturated carbocycles. The van der Waals surface area contributed by atoms with Gasteiger partial charge in [0, 0.05) is 12.8 Å². The van der Waals surface area contributed by atoms with Crippen LogP contribution in [0.4, 0.5) is 0 Å². The van der Waals surface area contributed by atoms with E-state index in [0.29, 0.717) is 18.8 Å². The van der Waals surface area contributed by atoms with Crippen LogP contribution in [-0.4, -0.2) is 43.8 Å². The summed E-state index contributed by atoms with van der Waals surface area (Å²) in [5, 5.41) is 42.1. The largest absolute Gasteiger partial charge is 0.393 e. The molecular weight excluding hydrogens is 388 g/mol. The summed E-state index contributed by atoms with van der Waals surface area (Å²) in [5.41, 5.74) is 1.90. The van der Waals surface area contributed by atoms with Crippen molar-refractivity contribution in [1.82, 2.24) is 0 Å². The second-order valence-corrected chi connectivity index (χ2v) is 11.7. The maximum atomic E-state index is 11.5. The van der Waals surface area contributed by atoms with Gasteiger partial charge in [0.05, 0.1) is 23.4 Å². The Kier molecular flexibility index (Phi) is 7.27. The van der Waals surface area contributed by atoms with Crippen molar-refractivity contribution in [2.75, 3.05) is 0 Å². The van der Waals surface area contributed by atoms with Crippen LogP contribution in [0.5, 0.6) is 0 Å². The van der Waals surface area contributed by atoms with Crippen LogP contribution < -0.4 is 0 Å². The predicted octanol–water partition coefficient (Wildman–Crippen LogP) is 4.82. The van der Waals surface area contributed by atoms with Gasteiger partial charge >= 0.3 is 0 Å². The van der Waals surface area contributed by atoms with Crippen LogP contribution in [0.1, 0.15) is 91.9 Å². The van der Waals surface area contributed by atoms with Gasteiger partial charge in [0.25, 0.3) is 0 Å². The summed E-state index contributed by atoms with van der Waals surface area (Å²) in [4.78, 5) is 0. The van der Waals surface area contributed by atoms with Gasteiger partial charge in [0.1, 0.15) is 0 Å². The SMILES string of the molecule is C=C1CC[C@@H](O)C/C1=C/C=C1\CCC[C@@]2(C)[C@H]1CC[C@@H]2[C@@](C)(O)CC(O)CC(C)(C)O. The molecule has 3 fully saturated rings. The Morgan fingerprint density at radius 2 is 1.81 bits per heavy atom. The van der Waals surface area contributed by atoms with Crippen LogP contribution in [0.25, 0.3) is 0 Å². The lowest BCUT2D eigenvalue weighted by Crippen LogP contribution is -2.47. The fourth-order valence-corrected chi connectivity index (χ4v) is 6.92. The summed E-state index contributed by atoms with van der Waals surface area (Å²) >= 11 is 0. The molecule has 4 heteroatoms. The monoisotopic (exact) mass is 432 g/mol. The molecule has 0 aromatic heterocycles. The third kappa shape index (κ3) is 5.71. The van der Waals surface area contributed by atoms with Gasteiger partial charge in [-0.1, -0.05) is 36.8 Å². The van der Waals surface area contributed by atoms with E-state index in [1.807, 2.05) is 6.92 Å². The van der Waals surface area contributed by atoms with Crippen molar-refractivity contribution < 1.29 is 20.4 Å². The van der Waals surface area contributed by atoms with Gasteiger partial charge in [0.2, 0.25) is 0 Å². The zero-order valence-corrected chi connectivity index (χ0v) is 20.0. The maximum absolute atomic E-state index is 11.5. The minimum Gasteiger partial charge on any atom is -0.393 e. The number of fused-ring (bicyclic) bond motifs is 1. The van der Waals surface area contributed by atoms with E-state index in [0.717, 1.165) is 50.5 Å². The molecule has 6 atom stereocenters. The fourth-order valence-electron chi connectivity index (χ4n) is 6.92. The smallest absolute Gasteiger partial charge is 0.0677 e. The van der Waals surface area contributed by atoms with Crippen molar-refractivity contribution in [3.63, 3.8) is 0 Å². The Labute approximate surface area is 188 Å². The molecule has 0 bridgehead atoms. The highest BCUT2D eigenvalue weighted by Crippen LogP contribution is 2.60. The van der Waals surface area contributed by atoms with Gasteiger partial charge in [-0.15, -0.1) is 0 Å². The van der Waals surface area contributed by atoms with Crippen molar-refractivity contribution in [2.24, 2.45) is 17.3 Å². The van der Waals surface area contributed by atoms with Gasteiger partial charge in [-0.05, 0) is 95.0 Å². The quantitative estimate of drug-likeness (QED) is 0.485. The fraction of sp³-hybridized carbons (Fsp3) is 0.778. The highest BCUT2D eigenvalue weighted by atomic mass is 16.3. The molecular formula is C27H44O4. The predicted molar refractivity (Wildman–Crippen MR) is 125 cm³/mol. The zero-order chi connectivity index (χ0) is 23.0. The summed E-state index contributed by atoms with van der Waals surface area (Å²) in [6.07, 6.45) is 11.8. The Hall–Kier alpha value is -0.940. The van der Waals surface area contributed by atoms with Crippen molar-refractivity contribution in [3.8, 4) is 0 Å². The molecule has 0 radical (unpaired) electrons. The average Bonchev–Trinajstić information content (AvgIpc) is 2.98. The van der Waals surface area contributed by atoms with Crippen molar-refractivity contribution >= 4 is 0 Å². The third-order valence-corrected chi connectivity index (χ3v) is 8.29. The van der Waals surface area contributed by atoms with E-state index in [1.165, 1.54) is 11.1 Å². The molecule has 0 amide bonds. The normalized spacial score (nSPS) is 37.7. The summed E-state index contributed by atoms with van der Waals surface area (Å²) in [6.45, 7) is 11.8. The van der Waals surface area contributed by atoms with Gasteiger partial charge in [-0.25, -0.2) is 0 Å². The number of allylic oxidation sites excluding steroid dienone is 4. The second-order valence-electron chi connectivity index (χ2n) is 11.7. The Morgan fingerprint density at radius 1 is 1.10 bits per heavy atom. The molecule has 31 heavy (non-hydrogen) atoms. The van der Waals surface area contributed by atoms with Crippen LogP contribution in [0.3, 0.4) is 0 Å². The minimum absolute atomic E-state index is 0.0175. The molecule has 3 rings (SSSR count). The van der Waals surface area contributed by atoms with Crippen LogP contribution in [-0.2, 0) is 0 Å². The molecule has 0 heterocycles. The van der Waals surface area contributed by atoms with Crippen LogP contribution in [0.2, 0.25) is 0 Å². The van der Waals surface area contributed by atoms with E-state index in [-0.39, 0.29) is 23.9 Å². The van der Waals surface area contributed by atoms with Gasteiger partial charge in [-0.2, -0.15) is 0 Å². The van der Waals surface area contributed by atoms with Gasteiger partial charge < -0.3 is 20.4 Å². The summed E-state index contributed by atoms with van der Waals surface area (Å²) in [5.74, 6) is 0.576. The highest BCUT2D eigenvalue weighted by molar-refractivity contribution is 5.36. The molecule has 4 N–H and O–H groups in total. The van der Waals surface area contributed by atoms with Crippen LogP contribution >= 0.6 is 0 Å². The lowest BCUT2D eigenvalue weighted by atomic mass is 9.59. The maximum Gasteiger partial charge on any atom is 0.0677 e. The first-order valence-corrected chi connectivity index (χ1v) is 12.2. The topological polar surface area (TPSA) is 80.9 Å². The molecule has 0 aromatic rings. The molecule has 3 aliphatic rings. The minimum atomic E-state index is -0.961. The highest BCUT2D eigenvalue weighted by Gasteiger charge is 2.55. The lowest BCUT2D eigenvalue weighted by Gasteiger charge is -2.47. The van der Waals surface area contributed by atoms with E-state index in [1.54, 1.807) is 13.8 Å². The summed E-state index contributed by atoms with van der Waals surface area (Å²) in [7, 11) is 0. The molecule has 0 spiro atoms. The van der Waals surface area contributed by atoms with Crippen LogP contribution in [0, 0.1) is 17.3 Å². The summed E-state index contributed by atoms with van der Waals surface area (Å²) in [6, 6.07) is 0. The molecule has 0 aromatic carbocycles. The van der Waals surface area contributed by atoms with Crippen LogP contribution in [0.15, 0.2) is 35.5 Å². The van der Waals surface area contributed by atoms with Gasteiger partial charge in [0.15, 0.2) is 0 Å². The molecule has 4 nitrogen and oxygen atoms in total. The molecule has 1 unspecified atom stereocenters. The zero-order valence-electron chi connectivity index (χ0n) is 20.0. The number of aliphatic hydroxyl groups excluding tert-OH is 2. The number of rotatable bonds is 6. The lowest BCUT2D eigenvalue weighted by molar-refractivity contribution is -0.0940. The van der Waals surface area contributed by atoms with Crippen molar-refractivity contribution in [1.29, 1.82) is 0 Å². The summed E-state index contributed by atoms with van der Waals surface area (Å²) < 4.78 is 0. The van der Waals surface area contributed by atoms with Gasteiger partial charge in [-0.3, -0.25) is 0 Å². The Bertz CT molecular complexity index is 726.